The molecule has 0 aliphatic carbocycles. The lowest BCUT2D eigenvalue weighted by Crippen LogP contribution is -2.46. The van der Waals surface area contributed by atoms with Crippen LogP contribution in [0.1, 0.15) is 29.6 Å². The quantitative estimate of drug-likeness (QED) is 0.638. The van der Waals surface area contributed by atoms with Crippen molar-refractivity contribution in [2.75, 3.05) is 19.7 Å². The fraction of sp³-hybridized carbons (Fsp3) is 0.280. The summed E-state index contributed by atoms with van der Waals surface area (Å²) in [6.07, 6.45) is 5.80. The number of carbonyl (C=O) groups is 2. The summed E-state index contributed by atoms with van der Waals surface area (Å²) in [7, 11) is 0. The molecule has 2 aromatic carbocycles. The molecule has 0 unspecified atom stereocenters. The molecule has 0 radical (unpaired) electrons. The molecule has 6 nitrogen and oxygen atoms in total. The average molecular weight is 418 g/mol. The van der Waals surface area contributed by atoms with E-state index in [9.17, 15) is 9.59 Å². The van der Waals surface area contributed by atoms with Crippen LogP contribution in [0.25, 0.3) is 5.69 Å². The largest absolute Gasteiger partial charge is 0.493 e. The molecule has 0 bridgehead atoms. The van der Waals surface area contributed by atoms with Crippen molar-refractivity contribution in [1.29, 1.82) is 0 Å². The van der Waals surface area contributed by atoms with Gasteiger partial charge in [-0.05, 0) is 61.4 Å². The predicted molar refractivity (Wildman–Crippen MR) is 119 cm³/mol. The Morgan fingerprint density at radius 2 is 1.58 bits per heavy atom. The summed E-state index contributed by atoms with van der Waals surface area (Å²) in [5, 5.41) is 3.07. The van der Waals surface area contributed by atoms with E-state index in [1.807, 2.05) is 88.6 Å². The number of aromatic nitrogens is 1. The van der Waals surface area contributed by atoms with Gasteiger partial charge in [0, 0.05) is 42.8 Å². The monoisotopic (exact) mass is 417 g/mol. The molecule has 0 atom stereocenters. The first-order chi connectivity index (χ1) is 15.2. The Balaban J connectivity index is 1.20. The third-order valence-corrected chi connectivity index (χ3v) is 5.51. The van der Waals surface area contributed by atoms with Gasteiger partial charge in [-0.1, -0.05) is 18.2 Å². The molecule has 2 amide bonds. The summed E-state index contributed by atoms with van der Waals surface area (Å²) in [6, 6.07) is 21.2. The van der Waals surface area contributed by atoms with Crippen LogP contribution in [0.3, 0.4) is 0 Å². The molecule has 0 saturated carbocycles. The number of carbonyl (C=O) groups excluding carboxylic acids is 2. The normalized spacial score (nSPS) is 14.3. The van der Waals surface area contributed by atoms with E-state index in [0.717, 1.165) is 24.3 Å². The summed E-state index contributed by atoms with van der Waals surface area (Å²) >= 11 is 0. The molecule has 160 valence electrons. The minimum Gasteiger partial charge on any atom is -0.493 e. The van der Waals surface area contributed by atoms with Crippen molar-refractivity contribution in [3.05, 3.63) is 84.7 Å². The van der Waals surface area contributed by atoms with E-state index >= 15 is 0 Å². The van der Waals surface area contributed by atoms with Crippen molar-refractivity contribution in [3.8, 4) is 11.4 Å². The Kier molecular flexibility index (Phi) is 6.67. The molecular formula is C25H27N3O3. The molecule has 3 aromatic rings. The second kappa shape index (κ2) is 9.98. The van der Waals surface area contributed by atoms with Crippen LogP contribution < -0.4 is 10.1 Å². The van der Waals surface area contributed by atoms with Gasteiger partial charge in [-0.3, -0.25) is 9.59 Å². The maximum Gasteiger partial charge on any atom is 0.253 e. The maximum atomic E-state index is 12.8. The van der Waals surface area contributed by atoms with Crippen molar-refractivity contribution in [3.63, 3.8) is 0 Å². The smallest absolute Gasteiger partial charge is 0.253 e. The summed E-state index contributed by atoms with van der Waals surface area (Å²) in [6.45, 7) is 1.64. The van der Waals surface area contributed by atoms with Gasteiger partial charge in [-0.2, -0.15) is 0 Å². The molecule has 1 saturated heterocycles. The minimum absolute atomic E-state index is 0.0127. The van der Waals surface area contributed by atoms with Crippen molar-refractivity contribution < 1.29 is 14.3 Å². The van der Waals surface area contributed by atoms with Crippen molar-refractivity contribution in [2.45, 2.75) is 25.3 Å². The Labute approximate surface area is 182 Å². The first kappa shape index (κ1) is 20.7. The second-order valence-corrected chi connectivity index (χ2v) is 7.68. The highest BCUT2D eigenvalue weighted by atomic mass is 16.5. The number of benzene rings is 2. The van der Waals surface area contributed by atoms with E-state index in [1.165, 1.54) is 0 Å². The first-order valence-corrected chi connectivity index (χ1v) is 10.7. The van der Waals surface area contributed by atoms with Gasteiger partial charge < -0.3 is 19.5 Å². The zero-order valence-corrected chi connectivity index (χ0v) is 17.4. The summed E-state index contributed by atoms with van der Waals surface area (Å²) in [4.78, 5) is 26.9. The number of likely N-dealkylation sites (tertiary alicyclic amines) is 1. The lowest BCUT2D eigenvalue weighted by atomic mass is 10.0. The van der Waals surface area contributed by atoms with Crippen LogP contribution in [-0.4, -0.2) is 47.0 Å². The molecule has 1 aliphatic heterocycles. The van der Waals surface area contributed by atoms with E-state index in [4.69, 9.17) is 4.74 Å². The minimum atomic E-state index is -0.0127. The van der Waals surface area contributed by atoms with Crippen molar-refractivity contribution >= 4 is 11.8 Å². The summed E-state index contributed by atoms with van der Waals surface area (Å²) in [5.74, 6) is 0.796. The Morgan fingerprint density at radius 1 is 0.903 bits per heavy atom. The molecule has 1 aliphatic rings. The van der Waals surface area contributed by atoms with E-state index < -0.39 is 0 Å². The number of hydrogen-bond acceptors (Lipinski definition) is 3. The van der Waals surface area contributed by atoms with Gasteiger partial charge in [0.25, 0.3) is 5.91 Å². The van der Waals surface area contributed by atoms with Gasteiger partial charge in [-0.15, -0.1) is 0 Å². The lowest BCUT2D eigenvalue weighted by Gasteiger charge is -2.32. The third kappa shape index (κ3) is 5.54. The van der Waals surface area contributed by atoms with E-state index in [0.29, 0.717) is 31.7 Å². The average Bonchev–Trinajstić information content (AvgIpc) is 3.35. The van der Waals surface area contributed by atoms with Crippen LogP contribution in [0.4, 0.5) is 0 Å². The highest BCUT2D eigenvalue weighted by molar-refractivity contribution is 5.94. The van der Waals surface area contributed by atoms with Gasteiger partial charge in [0.15, 0.2) is 0 Å². The molecule has 0 spiro atoms. The number of piperidine rings is 1. The van der Waals surface area contributed by atoms with Gasteiger partial charge >= 0.3 is 0 Å². The Bertz CT molecular complexity index is 977. The first-order valence-electron chi connectivity index (χ1n) is 10.7. The molecular weight excluding hydrogens is 390 g/mol. The van der Waals surface area contributed by atoms with Crippen molar-refractivity contribution in [2.24, 2.45) is 0 Å². The second-order valence-electron chi connectivity index (χ2n) is 7.68. The predicted octanol–water partition coefficient (Wildman–Crippen LogP) is 3.67. The molecule has 1 aromatic heterocycles. The molecule has 1 fully saturated rings. The number of ether oxygens (including phenoxy) is 1. The topological polar surface area (TPSA) is 63.6 Å². The maximum absolute atomic E-state index is 12.8. The summed E-state index contributed by atoms with van der Waals surface area (Å²) < 4.78 is 7.59. The molecule has 4 rings (SSSR count). The van der Waals surface area contributed by atoms with Gasteiger partial charge in [0.1, 0.15) is 5.75 Å². The van der Waals surface area contributed by atoms with Gasteiger partial charge in [-0.25, -0.2) is 0 Å². The van der Waals surface area contributed by atoms with Crippen LogP contribution in [0.5, 0.6) is 5.75 Å². The third-order valence-electron chi connectivity index (χ3n) is 5.51. The van der Waals surface area contributed by atoms with Gasteiger partial charge in [0.05, 0.1) is 13.0 Å². The zero-order valence-electron chi connectivity index (χ0n) is 17.4. The lowest BCUT2D eigenvalue weighted by molar-refractivity contribution is -0.122. The van der Waals surface area contributed by atoms with E-state index in [2.05, 4.69) is 5.32 Å². The molecule has 1 N–H and O–H groups in total. The van der Waals surface area contributed by atoms with Crippen LogP contribution in [0, 0.1) is 0 Å². The van der Waals surface area contributed by atoms with E-state index in [-0.39, 0.29) is 17.9 Å². The number of amides is 2. The fourth-order valence-electron chi connectivity index (χ4n) is 3.77. The number of para-hydroxylation sites is 1. The highest BCUT2D eigenvalue weighted by Crippen LogP contribution is 2.16. The number of rotatable bonds is 7. The van der Waals surface area contributed by atoms with E-state index in [1.54, 1.807) is 0 Å². The van der Waals surface area contributed by atoms with Gasteiger partial charge in [0.2, 0.25) is 5.91 Å². The SMILES string of the molecule is O=C(CCOc1ccccc1)NC1CCN(C(=O)c2ccc(-n3cccc3)cc2)CC1. The standard InChI is InChI=1S/C25H27N3O3/c29-24(14-19-31-23-6-2-1-3-7-23)26-21-12-17-28(18-13-21)25(30)20-8-10-22(11-9-20)27-15-4-5-16-27/h1-11,15-16,21H,12-14,17-19H2,(H,26,29). The fourth-order valence-corrected chi connectivity index (χ4v) is 3.77. The Hall–Kier alpha value is -3.54. The highest BCUT2D eigenvalue weighted by Gasteiger charge is 2.24. The molecule has 2 heterocycles. The van der Waals surface area contributed by atoms with Crippen LogP contribution in [0.2, 0.25) is 0 Å². The van der Waals surface area contributed by atoms with Crippen LogP contribution in [-0.2, 0) is 4.79 Å². The van der Waals surface area contributed by atoms with Crippen molar-refractivity contribution in [1.82, 2.24) is 14.8 Å². The zero-order chi connectivity index (χ0) is 21.5. The number of nitrogens with zero attached hydrogens (tertiary/aromatic N) is 2. The van der Waals surface area contributed by atoms with Crippen LogP contribution in [0.15, 0.2) is 79.1 Å². The van der Waals surface area contributed by atoms with Crippen LogP contribution >= 0.6 is 0 Å². The number of nitrogens with one attached hydrogen (secondary N) is 1. The molecule has 31 heavy (non-hydrogen) atoms. The Morgan fingerprint density at radius 3 is 2.26 bits per heavy atom. The number of hydrogen-bond donors (Lipinski definition) is 1. The summed E-state index contributed by atoms with van der Waals surface area (Å²) in [5.41, 5.74) is 1.72. The molecule has 6 heteroatoms.